The van der Waals surface area contributed by atoms with Crippen molar-refractivity contribution in [2.24, 2.45) is 5.92 Å². The van der Waals surface area contributed by atoms with E-state index >= 15 is 0 Å². The molecular formula is C24H32N5O3S2+. The minimum atomic E-state index is -3.65. The van der Waals surface area contributed by atoms with E-state index in [1.165, 1.54) is 16.9 Å². The number of carbonyl (C=O) groups excluding carboxylic acids is 1. The van der Waals surface area contributed by atoms with Crippen molar-refractivity contribution in [3.05, 3.63) is 65.7 Å². The molecule has 2 aromatic carbocycles. The molecule has 1 amide bonds. The molecule has 0 aliphatic carbocycles. The molecule has 34 heavy (non-hydrogen) atoms. The molecule has 0 unspecified atom stereocenters. The summed E-state index contributed by atoms with van der Waals surface area (Å²) in [4.78, 5) is 19.1. The summed E-state index contributed by atoms with van der Waals surface area (Å²) in [6, 6.07) is 14.7. The summed E-state index contributed by atoms with van der Waals surface area (Å²) >= 11 is 1.23. The summed E-state index contributed by atoms with van der Waals surface area (Å²) in [6.45, 7) is 4.19. The zero-order chi connectivity index (χ0) is 23.7. The first-order valence-corrected chi connectivity index (χ1v) is 13.5. The summed E-state index contributed by atoms with van der Waals surface area (Å²) in [5.41, 5.74) is 3.31. The third-order valence-corrected chi connectivity index (χ3v) is 8.44. The maximum absolute atomic E-state index is 12.7. The summed E-state index contributed by atoms with van der Waals surface area (Å²) in [7, 11) is -3.65. The number of para-hydroxylation sites is 1. The molecule has 2 N–H and O–H groups in total. The molecule has 0 radical (unpaired) electrons. The molecular weight excluding hydrogens is 470 g/mol. The Bertz CT molecular complexity index is 1330. The Labute approximate surface area is 207 Å². The number of hydrogen-bond donors (Lipinski definition) is 2. The molecule has 8 nitrogen and oxygen atoms in total. The van der Waals surface area contributed by atoms with Crippen LogP contribution in [0.4, 0.5) is 16.5 Å². The molecule has 10 heteroatoms. The number of sulfonamides is 1. The van der Waals surface area contributed by atoms with Crippen LogP contribution in [-0.4, -0.2) is 55.8 Å². The number of amides is 1. The molecule has 1 fully saturated rings. The second-order valence-electron chi connectivity index (χ2n) is 8.55. The molecule has 3 heterocycles. The van der Waals surface area contributed by atoms with Crippen molar-refractivity contribution in [3.8, 4) is 0 Å². The number of nitrogens with zero attached hydrogens (tertiary/aromatic N) is 3. The van der Waals surface area contributed by atoms with Crippen LogP contribution in [0.1, 0.15) is 16.8 Å². The second kappa shape index (κ2) is 9.19. The third kappa shape index (κ3) is 4.55. The molecule has 2 aliphatic rings. The van der Waals surface area contributed by atoms with E-state index < -0.39 is 10.0 Å². The van der Waals surface area contributed by atoms with Gasteiger partial charge in [0.25, 0.3) is 15.9 Å². The largest absolute Gasteiger partial charge is 0.371 e. The number of anilines is 2. The molecule has 0 saturated carbocycles. The van der Waals surface area contributed by atoms with E-state index in [1.807, 2.05) is 31.2 Å². The molecule has 5 rings (SSSR count). The van der Waals surface area contributed by atoms with Crippen LogP contribution in [0.2, 0.25) is 0 Å². The van der Waals surface area contributed by atoms with Gasteiger partial charge in [-0.05, 0) is 24.3 Å². The monoisotopic (exact) mass is 502 g/mol. The van der Waals surface area contributed by atoms with Gasteiger partial charge in [-0.3, -0.25) is 9.52 Å². The van der Waals surface area contributed by atoms with Crippen molar-refractivity contribution in [3.63, 3.8) is 0 Å². The van der Waals surface area contributed by atoms with Crippen LogP contribution >= 0.6 is 11.3 Å². The van der Waals surface area contributed by atoms with Gasteiger partial charge in [-0.1, -0.05) is 18.2 Å². The van der Waals surface area contributed by atoms with Crippen LogP contribution in [0.25, 0.3) is 0 Å². The van der Waals surface area contributed by atoms with Gasteiger partial charge < -0.3 is 10.2 Å². The van der Waals surface area contributed by atoms with Gasteiger partial charge in [-0.25, -0.2) is 13.4 Å². The number of carbonyl (C=O) groups is 1. The van der Waals surface area contributed by atoms with Crippen molar-refractivity contribution in [1.29, 1.82) is 0 Å². The Morgan fingerprint density at radius 2 is 2.00 bits per heavy atom. The van der Waals surface area contributed by atoms with Gasteiger partial charge in [-0.2, -0.15) is 4.58 Å². The summed E-state index contributed by atoms with van der Waals surface area (Å²) in [6.07, 6.45) is 4.49. The quantitative estimate of drug-likeness (QED) is 0.459. The number of rotatable bonds is 8. The Hall–Kier alpha value is -3.24. The van der Waals surface area contributed by atoms with E-state index in [4.69, 9.17) is 0 Å². The number of nitrogens with one attached hydrogen (secondary N) is 2. The van der Waals surface area contributed by atoms with E-state index in [0.29, 0.717) is 17.6 Å². The molecule has 0 bridgehead atoms. The van der Waals surface area contributed by atoms with Crippen molar-refractivity contribution in [2.45, 2.75) is 24.3 Å². The van der Waals surface area contributed by atoms with Crippen molar-refractivity contribution in [1.82, 2.24) is 10.3 Å². The summed E-state index contributed by atoms with van der Waals surface area (Å²) < 4.78 is 29.5. The predicted molar refractivity (Wildman–Crippen MR) is 140 cm³/mol. The first-order chi connectivity index (χ1) is 16.4. The summed E-state index contributed by atoms with van der Waals surface area (Å²) in [5, 5.41) is 5.16. The third-order valence-electron chi connectivity index (χ3n) is 6.26. The van der Waals surface area contributed by atoms with Crippen LogP contribution in [0, 0.1) is 5.92 Å². The number of hydrogen-bond acceptors (Lipinski definition) is 6. The average Bonchev–Trinajstić information content (AvgIpc) is 3.47. The maximum atomic E-state index is 12.7. The highest BCUT2D eigenvalue weighted by Crippen LogP contribution is 2.27. The molecule has 1 saturated heterocycles. The van der Waals surface area contributed by atoms with E-state index in [2.05, 4.69) is 42.8 Å². The van der Waals surface area contributed by atoms with Crippen LogP contribution in [0.15, 0.2) is 65.0 Å². The SMILES string of the molecule is C[C@@H](C(=O)NCC1CN(c2ccc(S(=O)(=O)Nc3nccs3)cc2)C1)[N+]1=CCc2ccccc21.[HH].[HH].[HH]. The molecule has 3 aromatic rings. The Balaban J connectivity index is 0.00000160. The fourth-order valence-electron chi connectivity index (χ4n) is 4.31. The van der Waals surface area contributed by atoms with Gasteiger partial charge in [0.1, 0.15) is 0 Å². The highest BCUT2D eigenvalue weighted by atomic mass is 32.2. The average molecular weight is 503 g/mol. The normalized spacial score (nSPS) is 16.4. The first kappa shape index (κ1) is 22.5. The fraction of sp³-hybridized carbons (Fsp3) is 0.292. The van der Waals surface area contributed by atoms with Gasteiger partial charge >= 0.3 is 0 Å². The predicted octanol–water partition coefficient (Wildman–Crippen LogP) is 3.59. The molecule has 0 spiro atoms. The Kier molecular flexibility index (Phi) is 6.09. The lowest BCUT2D eigenvalue weighted by molar-refractivity contribution is -0.458. The zero-order valence-electron chi connectivity index (χ0n) is 18.7. The number of thiazole rings is 1. The number of fused-ring (bicyclic) bond motifs is 1. The first-order valence-electron chi connectivity index (χ1n) is 11.2. The highest BCUT2D eigenvalue weighted by Gasteiger charge is 2.33. The van der Waals surface area contributed by atoms with E-state index in [9.17, 15) is 13.2 Å². The van der Waals surface area contributed by atoms with Gasteiger partial charge in [0.15, 0.2) is 11.3 Å². The molecule has 2 aliphatic heterocycles. The van der Waals surface area contributed by atoms with Gasteiger partial charge in [0.05, 0.1) is 11.3 Å². The lowest BCUT2D eigenvalue weighted by Gasteiger charge is -2.41. The van der Waals surface area contributed by atoms with Gasteiger partial charge in [0, 0.05) is 65.6 Å². The maximum Gasteiger partial charge on any atom is 0.288 e. The minimum absolute atomic E-state index is 0. The second-order valence-corrected chi connectivity index (χ2v) is 11.1. The van der Waals surface area contributed by atoms with E-state index in [0.717, 1.165) is 30.9 Å². The Morgan fingerprint density at radius 1 is 1.24 bits per heavy atom. The Morgan fingerprint density at radius 3 is 2.74 bits per heavy atom. The van der Waals surface area contributed by atoms with Crippen molar-refractivity contribution >= 4 is 50.0 Å². The fourth-order valence-corrected chi connectivity index (χ4v) is 6.10. The highest BCUT2D eigenvalue weighted by molar-refractivity contribution is 7.93. The van der Waals surface area contributed by atoms with E-state index in [-0.39, 0.29) is 21.1 Å². The van der Waals surface area contributed by atoms with E-state index in [1.54, 1.807) is 23.7 Å². The smallest absolute Gasteiger partial charge is 0.288 e. The lowest BCUT2D eigenvalue weighted by atomic mass is 9.99. The van der Waals surface area contributed by atoms with Gasteiger partial charge in [-0.15, -0.1) is 11.3 Å². The zero-order valence-corrected chi connectivity index (χ0v) is 20.3. The molecule has 1 atom stereocenters. The molecule has 1 aromatic heterocycles. The van der Waals surface area contributed by atoms with Crippen molar-refractivity contribution < 1.29 is 22.1 Å². The van der Waals surface area contributed by atoms with Gasteiger partial charge in [0.2, 0.25) is 11.7 Å². The topological polar surface area (TPSA) is 94.4 Å². The van der Waals surface area contributed by atoms with Crippen LogP contribution in [0.5, 0.6) is 0 Å². The summed E-state index contributed by atoms with van der Waals surface area (Å²) in [5.74, 6) is 0.384. The van der Waals surface area contributed by atoms with Crippen LogP contribution in [0.3, 0.4) is 0 Å². The standard InChI is InChI=1S/C24H25N5O3S2.3H2/c1-17(29-12-10-19-4-2-3-5-22(19)29)23(30)26-14-18-15-28(16-18)20-6-8-21(9-7-20)34(31,32)27-24-25-11-13-33-24;;;/h2-9,11-13,17-18H,10,14-16H2,1H3,(H-,25,26,27,30);3*1H/p+1/t17-;;;/m0.../s1. The lowest BCUT2D eigenvalue weighted by Crippen LogP contribution is -2.52. The van der Waals surface area contributed by atoms with Crippen molar-refractivity contribution in [2.75, 3.05) is 29.3 Å². The number of benzene rings is 2. The minimum Gasteiger partial charge on any atom is -0.371 e. The van der Waals surface area contributed by atoms with Crippen LogP contribution in [-0.2, 0) is 21.2 Å². The number of aromatic nitrogens is 1. The van der Waals surface area contributed by atoms with Crippen LogP contribution < -0.4 is 14.9 Å². The molecule has 182 valence electrons.